The van der Waals surface area contributed by atoms with Gasteiger partial charge in [0.2, 0.25) is 5.91 Å². The van der Waals surface area contributed by atoms with Crippen LogP contribution in [-0.2, 0) is 21.0 Å². The van der Waals surface area contributed by atoms with Crippen molar-refractivity contribution in [3.05, 3.63) is 65.2 Å². The topological polar surface area (TPSA) is 64.4 Å². The molecule has 2 aromatic rings. The van der Waals surface area contributed by atoms with E-state index in [1.807, 2.05) is 50.2 Å². The molecule has 0 radical (unpaired) electrons. The van der Waals surface area contributed by atoms with Crippen LogP contribution in [-0.4, -0.2) is 29.0 Å². The highest BCUT2D eigenvalue weighted by atomic mass is 32.2. The number of hydrogen-bond acceptors (Lipinski definition) is 4. The van der Waals surface area contributed by atoms with Crippen LogP contribution >= 0.6 is 11.8 Å². The molecule has 1 spiro atoms. The molecule has 1 atom stereocenters. The largest absolute Gasteiger partial charge is 0.315 e. The van der Waals surface area contributed by atoms with Gasteiger partial charge in [-0.2, -0.15) is 5.26 Å². The molecule has 1 fully saturated rings. The van der Waals surface area contributed by atoms with Crippen molar-refractivity contribution >= 4 is 29.3 Å². The number of carbonyl (C=O) groups excluding carboxylic acids is 2. The highest BCUT2D eigenvalue weighted by molar-refractivity contribution is 8.01. The van der Waals surface area contributed by atoms with Crippen LogP contribution in [0.5, 0.6) is 0 Å². The fourth-order valence-corrected chi connectivity index (χ4v) is 5.45. The zero-order valence-electron chi connectivity index (χ0n) is 15.9. The third-order valence-electron chi connectivity index (χ3n) is 5.26. The lowest BCUT2D eigenvalue weighted by Crippen LogP contribution is -2.51. The molecule has 1 saturated heterocycles. The number of hydrogen-bond donors (Lipinski definition) is 0. The van der Waals surface area contributed by atoms with Crippen LogP contribution in [0.15, 0.2) is 48.5 Å². The van der Waals surface area contributed by atoms with Crippen molar-refractivity contribution in [3.63, 3.8) is 0 Å². The number of nitrogens with zero attached hydrogens (tertiary/aromatic N) is 3. The lowest BCUT2D eigenvalue weighted by molar-refractivity contribution is -0.142. The first-order valence-corrected chi connectivity index (χ1v) is 10.3. The maximum Gasteiger partial charge on any atom is 0.268 e. The van der Waals surface area contributed by atoms with Gasteiger partial charge in [0.05, 0.1) is 23.9 Å². The Morgan fingerprint density at radius 2 is 2.04 bits per heavy atom. The van der Waals surface area contributed by atoms with Crippen molar-refractivity contribution in [2.45, 2.75) is 25.3 Å². The summed E-state index contributed by atoms with van der Waals surface area (Å²) < 4.78 is 0. The predicted octanol–water partition coefficient (Wildman–Crippen LogP) is 3.49. The summed E-state index contributed by atoms with van der Waals surface area (Å²) >= 11 is 1.54. The highest BCUT2D eigenvalue weighted by Crippen LogP contribution is 2.54. The van der Waals surface area contributed by atoms with Crippen molar-refractivity contribution < 1.29 is 9.59 Å². The average Bonchev–Trinajstić information content (AvgIpc) is 3.25. The number of amides is 2. The molecule has 0 N–H and O–H groups in total. The standard InChI is InChI=1S/C22H21N3O2S/c1-15(2)20(26)25-10-11-28-22(25)18-8-3-4-9-19(18)24(21(22)27)14-17-7-5-6-16(12-17)13-23/h3-9,12,15H,10-11,14H2,1-2H3/t22-/m0/s1. The summed E-state index contributed by atoms with van der Waals surface area (Å²) in [5.74, 6) is 0.488. The molecule has 2 heterocycles. The van der Waals surface area contributed by atoms with E-state index in [1.165, 1.54) is 0 Å². The third-order valence-corrected chi connectivity index (χ3v) is 6.68. The summed E-state index contributed by atoms with van der Waals surface area (Å²) in [4.78, 5) is 29.2. The molecule has 2 amide bonds. The molecule has 0 aromatic heterocycles. The summed E-state index contributed by atoms with van der Waals surface area (Å²) in [5, 5.41) is 9.17. The molecule has 6 heteroatoms. The molecular formula is C22H21N3O2S. The molecule has 0 unspecified atom stereocenters. The molecule has 0 saturated carbocycles. The minimum Gasteiger partial charge on any atom is -0.315 e. The lowest BCUT2D eigenvalue weighted by atomic mass is 10.0. The van der Waals surface area contributed by atoms with E-state index in [0.717, 1.165) is 22.6 Å². The van der Waals surface area contributed by atoms with Crippen LogP contribution in [0.4, 0.5) is 5.69 Å². The molecule has 5 nitrogen and oxygen atoms in total. The van der Waals surface area contributed by atoms with Crippen molar-refractivity contribution in [1.29, 1.82) is 5.26 Å². The number of benzene rings is 2. The Balaban J connectivity index is 1.78. The summed E-state index contributed by atoms with van der Waals surface area (Å²) in [6.07, 6.45) is 0. The molecule has 2 aliphatic heterocycles. The number of anilines is 1. The van der Waals surface area contributed by atoms with Crippen LogP contribution in [0.1, 0.15) is 30.5 Å². The first-order valence-electron chi connectivity index (χ1n) is 9.35. The van der Waals surface area contributed by atoms with Crippen LogP contribution in [0.2, 0.25) is 0 Å². The molecule has 0 bridgehead atoms. The van der Waals surface area contributed by atoms with Gasteiger partial charge in [0, 0.05) is 23.8 Å². The number of para-hydroxylation sites is 1. The molecular weight excluding hydrogens is 370 g/mol. The molecule has 4 rings (SSSR count). The Hall–Kier alpha value is -2.78. The van der Waals surface area contributed by atoms with E-state index in [2.05, 4.69) is 6.07 Å². The van der Waals surface area contributed by atoms with E-state index in [9.17, 15) is 9.59 Å². The predicted molar refractivity (Wildman–Crippen MR) is 109 cm³/mol. The second-order valence-electron chi connectivity index (χ2n) is 7.36. The van der Waals surface area contributed by atoms with Crippen molar-refractivity contribution in [2.24, 2.45) is 5.92 Å². The van der Waals surface area contributed by atoms with E-state index < -0.39 is 4.87 Å². The summed E-state index contributed by atoms with van der Waals surface area (Å²) in [6, 6.07) is 17.2. The van der Waals surface area contributed by atoms with Gasteiger partial charge in [0.15, 0.2) is 4.87 Å². The summed E-state index contributed by atoms with van der Waals surface area (Å²) in [6.45, 7) is 4.68. The Morgan fingerprint density at radius 3 is 2.79 bits per heavy atom. The normalized spacial score (nSPS) is 20.7. The van der Waals surface area contributed by atoms with Gasteiger partial charge in [-0.1, -0.05) is 44.2 Å². The second-order valence-corrected chi connectivity index (χ2v) is 8.65. The Bertz CT molecular complexity index is 997. The lowest BCUT2D eigenvalue weighted by Gasteiger charge is -2.34. The van der Waals surface area contributed by atoms with Gasteiger partial charge in [-0.3, -0.25) is 9.59 Å². The monoisotopic (exact) mass is 391 g/mol. The number of fused-ring (bicyclic) bond motifs is 2. The number of carbonyl (C=O) groups is 2. The van der Waals surface area contributed by atoms with E-state index in [0.29, 0.717) is 18.7 Å². The minimum absolute atomic E-state index is 0.00137. The molecule has 0 aliphatic carbocycles. The highest BCUT2D eigenvalue weighted by Gasteiger charge is 2.59. The Kier molecular flexibility index (Phi) is 4.64. The van der Waals surface area contributed by atoms with Crippen molar-refractivity contribution in [2.75, 3.05) is 17.2 Å². The fraction of sp³-hybridized carbons (Fsp3) is 0.318. The SMILES string of the molecule is CC(C)C(=O)N1CCS[C@@]12C(=O)N(Cc1cccc(C#N)c1)c1ccccc12. The van der Waals surface area contributed by atoms with E-state index >= 15 is 0 Å². The minimum atomic E-state index is -0.981. The van der Waals surface area contributed by atoms with Crippen LogP contribution in [0.3, 0.4) is 0 Å². The Labute approximate surface area is 168 Å². The van der Waals surface area contributed by atoms with E-state index in [-0.39, 0.29) is 17.7 Å². The van der Waals surface area contributed by atoms with Gasteiger partial charge in [-0.05, 0) is 23.8 Å². The summed E-state index contributed by atoms with van der Waals surface area (Å²) in [5.41, 5.74) is 3.18. The summed E-state index contributed by atoms with van der Waals surface area (Å²) in [7, 11) is 0. The number of thioether (sulfide) groups is 1. The first-order chi connectivity index (χ1) is 13.5. The quantitative estimate of drug-likeness (QED) is 0.803. The van der Waals surface area contributed by atoms with Gasteiger partial charge in [0.25, 0.3) is 5.91 Å². The average molecular weight is 391 g/mol. The zero-order valence-corrected chi connectivity index (χ0v) is 16.7. The van der Waals surface area contributed by atoms with Crippen LogP contribution in [0.25, 0.3) is 0 Å². The van der Waals surface area contributed by atoms with Crippen LogP contribution in [0, 0.1) is 17.2 Å². The Morgan fingerprint density at radius 1 is 1.25 bits per heavy atom. The van der Waals surface area contributed by atoms with Crippen molar-refractivity contribution in [3.8, 4) is 6.07 Å². The molecule has 28 heavy (non-hydrogen) atoms. The number of nitriles is 1. The van der Waals surface area contributed by atoms with Crippen molar-refractivity contribution in [1.82, 2.24) is 4.90 Å². The third kappa shape index (κ3) is 2.70. The second kappa shape index (κ2) is 6.99. The van der Waals surface area contributed by atoms with E-state index in [1.54, 1.807) is 33.7 Å². The van der Waals surface area contributed by atoms with Crippen LogP contribution < -0.4 is 4.90 Å². The van der Waals surface area contributed by atoms with E-state index in [4.69, 9.17) is 5.26 Å². The first kappa shape index (κ1) is 18.6. The zero-order chi connectivity index (χ0) is 19.9. The van der Waals surface area contributed by atoms with Gasteiger partial charge in [-0.15, -0.1) is 11.8 Å². The molecule has 2 aromatic carbocycles. The fourth-order valence-electron chi connectivity index (χ4n) is 3.98. The molecule has 2 aliphatic rings. The number of rotatable bonds is 3. The maximum absolute atomic E-state index is 13.7. The maximum atomic E-state index is 13.7. The van der Waals surface area contributed by atoms with Gasteiger partial charge >= 0.3 is 0 Å². The van der Waals surface area contributed by atoms with Gasteiger partial charge in [0.1, 0.15) is 0 Å². The van der Waals surface area contributed by atoms with Gasteiger partial charge < -0.3 is 9.80 Å². The van der Waals surface area contributed by atoms with Gasteiger partial charge in [-0.25, -0.2) is 0 Å². The molecule has 142 valence electrons. The smallest absolute Gasteiger partial charge is 0.268 e.